The van der Waals surface area contributed by atoms with E-state index in [-0.39, 0.29) is 13.0 Å². The summed E-state index contributed by atoms with van der Waals surface area (Å²) in [6.07, 6.45) is 0.280. The van der Waals surface area contributed by atoms with Crippen LogP contribution in [0.1, 0.15) is 5.56 Å². The summed E-state index contributed by atoms with van der Waals surface area (Å²) in [5.41, 5.74) is -0.341. The number of rotatable bonds is 3. The molecule has 0 saturated carbocycles. The first-order valence-corrected chi connectivity index (χ1v) is 4.96. The van der Waals surface area contributed by atoms with Crippen molar-refractivity contribution in [2.45, 2.75) is 12.0 Å². The first kappa shape index (κ1) is 10.5. The van der Waals surface area contributed by atoms with Gasteiger partial charge >= 0.3 is 12.0 Å². The highest BCUT2D eigenvalue weighted by Crippen LogP contribution is 2.16. The van der Waals surface area contributed by atoms with Gasteiger partial charge in [-0.1, -0.05) is 30.3 Å². The summed E-state index contributed by atoms with van der Waals surface area (Å²) in [5, 5.41) is 14.1. The minimum Gasteiger partial charge on any atom is -0.479 e. The van der Waals surface area contributed by atoms with Gasteiger partial charge in [0, 0.05) is 6.42 Å². The maximum absolute atomic E-state index is 11.2. The Balaban J connectivity index is 2.22. The Morgan fingerprint density at radius 1 is 1.38 bits per heavy atom. The number of carboxylic acid groups (broad SMARTS) is 1. The minimum absolute atomic E-state index is 0.107. The third-order valence-electron chi connectivity index (χ3n) is 2.66. The molecule has 2 rings (SSSR count). The molecule has 1 heterocycles. The van der Waals surface area contributed by atoms with E-state index in [1.807, 2.05) is 30.3 Å². The van der Waals surface area contributed by atoms with E-state index in [0.717, 1.165) is 5.56 Å². The highest BCUT2D eigenvalue weighted by atomic mass is 16.4. The molecule has 1 aromatic carbocycles. The van der Waals surface area contributed by atoms with E-state index < -0.39 is 17.5 Å². The Labute approximate surface area is 92.5 Å². The lowest BCUT2D eigenvalue weighted by molar-refractivity contribution is -0.143. The standard InChI is InChI=1S/C11H12N2O3/c14-9(15)11(7-12-10(16)13-11)6-8-4-2-1-3-5-8/h1-5H,6-7H2,(H,14,15)(H2,12,13,16). The number of benzene rings is 1. The number of nitrogens with one attached hydrogen (secondary N) is 2. The molecule has 1 saturated heterocycles. The van der Waals surface area contributed by atoms with Crippen molar-refractivity contribution in [1.29, 1.82) is 0 Å². The zero-order chi connectivity index (χ0) is 11.6. The number of aliphatic carboxylic acids is 1. The first-order valence-electron chi connectivity index (χ1n) is 4.96. The van der Waals surface area contributed by atoms with Crippen molar-refractivity contribution in [1.82, 2.24) is 10.6 Å². The highest BCUT2D eigenvalue weighted by molar-refractivity contribution is 5.90. The van der Waals surface area contributed by atoms with Gasteiger partial charge in [-0.2, -0.15) is 0 Å². The van der Waals surface area contributed by atoms with Crippen LogP contribution in [0.5, 0.6) is 0 Å². The topological polar surface area (TPSA) is 78.4 Å². The maximum Gasteiger partial charge on any atom is 0.331 e. The molecule has 1 aliphatic heterocycles. The van der Waals surface area contributed by atoms with Crippen LogP contribution in [0.25, 0.3) is 0 Å². The van der Waals surface area contributed by atoms with Crippen molar-refractivity contribution in [2.24, 2.45) is 0 Å². The summed E-state index contributed by atoms with van der Waals surface area (Å²) in [5.74, 6) is -1.02. The molecule has 0 radical (unpaired) electrons. The fourth-order valence-electron chi connectivity index (χ4n) is 1.79. The van der Waals surface area contributed by atoms with Crippen molar-refractivity contribution in [3.05, 3.63) is 35.9 Å². The van der Waals surface area contributed by atoms with Gasteiger partial charge in [0.15, 0.2) is 5.54 Å². The van der Waals surface area contributed by atoms with E-state index in [1.165, 1.54) is 0 Å². The van der Waals surface area contributed by atoms with Gasteiger partial charge in [0.2, 0.25) is 0 Å². The molecule has 2 amide bonds. The van der Waals surface area contributed by atoms with Crippen molar-refractivity contribution in [2.75, 3.05) is 6.54 Å². The van der Waals surface area contributed by atoms with Gasteiger partial charge in [0.25, 0.3) is 0 Å². The SMILES string of the molecule is O=C1NCC(Cc2ccccc2)(C(=O)O)N1. The molecule has 5 heteroatoms. The third kappa shape index (κ3) is 1.84. The Morgan fingerprint density at radius 3 is 2.56 bits per heavy atom. The molecule has 1 atom stereocenters. The van der Waals surface area contributed by atoms with Crippen LogP contribution in [0, 0.1) is 0 Å². The number of amides is 2. The summed E-state index contributed by atoms with van der Waals surface area (Å²) >= 11 is 0. The van der Waals surface area contributed by atoms with E-state index in [1.54, 1.807) is 0 Å². The molecule has 5 nitrogen and oxygen atoms in total. The smallest absolute Gasteiger partial charge is 0.331 e. The van der Waals surface area contributed by atoms with Crippen LogP contribution < -0.4 is 10.6 Å². The molecule has 16 heavy (non-hydrogen) atoms. The molecular weight excluding hydrogens is 208 g/mol. The van der Waals surface area contributed by atoms with Gasteiger partial charge in [-0.05, 0) is 5.56 Å². The van der Waals surface area contributed by atoms with Gasteiger partial charge in [-0.3, -0.25) is 0 Å². The molecular formula is C11H12N2O3. The molecule has 1 aromatic rings. The van der Waals surface area contributed by atoms with Crippen LogP contribution in [0.4, 0.5) is 4.79 Å². The van der Waals surface area contributed by atoms with E-state index in [0.29, 0.717) is 0 Å². The predicted molar refractivity (Wildman–Crippen MR) is 57.0 cm³/mol. The van der Waals surface area contributed by atoms with Crippen LogP contribution >= 0.6 is 0 Å². The van der Waals surface area contributed by atoms with Gasteiger partial charge in [0.1, 0.15) is 0 Å². The first-order chi connectivity index (χ1) is 7.62. The van der Waals surface area contributed by atoms with Crippen LogP contribution in [-0.4, -0.2) is 29.2 Å². The largest absolute Gasteiger partial charge is 0.479 e. The molecule has 1 aliphatic rings. The van der Waals surface area contributed by atoms with Gasteiger partial charge in [0.05, 0.1) is 6.54 Å². The maximum atomic E-state index is 11.2. The molecule has 0 aliphatic carbocycles. The lowest BCUT2D eigenvalue weighted by atomic mass is 9.92. The Morgan fingerprint density at radius 2 is 2.06 bits per heavy atom. The lowest BCUT2D eigenvalue weighted by Crippen LogP contribution is -2.52. The molecule has 1 fully saturated rings. The monoisotopic (exact) mass is 220 g/mol. The van der Waals surface area contributed by atoms with Gasteiger partial charge in [-0.15, -0.1) is 0 Å². The molecule has 0 bridgehead atoms. The number of hydrogen-bond donors (Lipinski definition) is 3. The second-order valence-corrected chi connectivity index (χ2v) is 3.86. The van der Waals surface area contributed by atoms with E-state index in [9.17, 15) is 14.7 Å². The number of carboxylic acids is 1. The molecule has 0 aromatic heterocycles. The van der Waals surface area contributed by atoms with Crippen molar-refractivity contribution >= 4 is 12.0 Å². The van der Waals surface area contributed by atoms with Crippen molar-refractivity contribution in [3.8, 4) is 0 Å². The minimum atomic E-state index is -1.22. The van der Waals surface area contributed by atoms with E-state index in [4.69, 9.17) is 0 Å². The van der Waals surface area contributed by atoms with Crippen LogP contribution in [0.3, 0.4) is 0 Å². The normalized spacial score (nSPS) is 23.6. The average Bonchev–Trinajstić information content (AvgIpc) is 2.63. The van der Waals surface area contributed by atoms with Crippen molar-refractivity contribution in [3.63, 3.8) is 0 Å². The molecule has 3 N–H and O–H groups in total. The average molecular weight is 220 g/mol. The van der Waals surface area contributed by atoms with Crippen LogP contribution in [0.15, 0.2) is 30.3 Å². The van der Waals surface area contributed by atoms with Gasteiger partial charge in [-0.25, -0.2) is 9.59 Å². The van der Waals surface area contributed by atoms with E-state index >= 15 is 0 Å². The summed E-state index contributed by atoms with van der Waals surface area (Å²) in [6, 6.07) is 8.80. The lowest BCUT2D eigenvalue weighted by Gasteiger charge is -2.22. The van der Waals surface area contributed by atoms with Crippen LogP contribution in [-0.2, 0) is 11.2 Å². The quantitative estimate of drug-likeness (QED) is 0.688. The highest BCUT2D eigenvalue weighted by Gasteiger charge is 2.44. The summed E-state index contributed by atoms with van der Waals surface area (Å²) in [4.78, 5) is 22.3. The Bertz CT molecular complexity index is 418. The zero-order valence-electron chi connectivity index (χ0n) is 8.56. The second-order valence-electron chi connectivity index (χ2n) is 3.86. The van der Waals surface area contributed by atoms with E-state index in [2.05, 4.69) is 10.6 Å². The van der Waals surface area contributed by atoms with Crippen molar-refractivity contribution < 1.29 is 14.7 Å². The molecule has 0 spiro atoms. The molecule has 1 unspecified atom stereocenters. The molecule has 84 valence electrons. The summed E-state index contributed by atoms with van der Waals surface area (Å²) in [6.45, 7) is 0.107. The second kappa shape index (κ2) is 3.84. The number of carbonyl (C=O) groups excluding carboxylic acids is 1. The number of carbonyl (C=O) groups is 2. The fourth-order valence-corrected chi connectivity index (χ4v) is 1.79. The predicted octanol–water partition coefficient (Wildman–Crippen LogP) is 0.365. The number of hydrogen-bond acceptors (Lipinski definition) is 2. The Kier molecular flexibility index (Phi) is 2.52. The summed E-state index contributed by atoms with van der Waals surface area (Å²) < 4.78 is 0. The number of urea groups is 1. The van der Waals surface area contributed by atoms with Crippen LogP contribution in [0.2, 0.25) is 0 Å². The zero-order valence-corrected chi connectivity index (χ0v) is 8.56. The van der Waals surface area contributed by atoms with Gasteiger partial charge < -0.3 is 15.7 Å². The Hall–Kier alpha value is -2.04. The third-order valence-corrected chi connectivity index (χ3v) is 2.66. The fraction of sp³-hybridized carbons (Fsp3) is 0.273. The summed E-state index contributed by atoms with van der Waals surface area (Å²) in [7, 11) is 0.